The number of aromatic nitrogens is 2. The molecule has 0 saturated heterocycles. The molecule has 0 spiro atoms. The van der Waals surface area contributed by atoms with E-state index in [2.05, 4.69) is 73.9 Å². The number of fused-ring (bicyclic) bond motifs is 1. The van der Waals surface area contributed by atoms with E-state index in [9.17, 15) is 0 Å². The van der Waals surface area contributed by atoms with E-state index < -0.39 is 0 Å². The van der Waals surface area contributed by atoms with Gasteiger partial charge in [0.05, 0.1) is 24.8 Å². The number of para-hydroxylation sites is 4. The lowest BCUT2D eigenvalue weighted by Gasteiger charge is -2.16. The zero-order valence-corrected chi connectivity index (χ0v) is 20.8. The van der Waals surface area contributed by atoms with Gasteiger partial charge in [-0.15, -0.1) is 0 Å². The fourth-order valence-corrected chi connectivity index (χ4v) is 4.51. The van der Waals surface area contributed by atoms with Gasteiger partial charge in [0, 0.05) is 12.5 Å². The second-order valence-electron chi connectivity index (χ2n) is 9.38. The molecule has 178 valence electrons. The number of rotatable bonds is 11. The Labute approximate surface area is 203 Å². The first-order chi connectivity index (χ1) is 16.6. The predicted octanol–water partition coefficient (Wildman–Crippen LogP) is 7.25. The molecule has 0 N–H and O–H groups in total. The highest BCUT2D eigenvalue weighted by atomic mass is 16.5. The van der Waals surface area contributed by atoms with Crippen molar-refractivity contribution in [2.45, 2.75) is 52.5 Å². The predicted molar refractivity (Wildman–Crippen MR) is 140 cm³/mol. The average Bonchev–Trinajstić information content (AvgIpc) is 3.22. The number of benzene rings is 3. The summed E-state index contributed by atoms with van der Waals surface area (Å²) in [4.78, 5) is 5.04. The van der Waals surface area contributed by atoms with Crippen molar-refractivity contribution in [3.63, 3.8) is 0 Å². The zero-order chi connectivity index (χ0) is 23.9. The van der Waals surface area contributed by atoms with Crippen LogP contribution < -0.4 is 9.47 Å². The van der Waals surface area contributed by atoms with Crippen LogP contribution in [0.5, 0.6) is 11.5 Å². The topological polar surface area (TPSA) is 36.3 Å². The Hall–Kier alpha value is -3.27. The van der Waals surface area contributed by atoms with Gasteiger partial charge in [-0.3, -0.25) is 0 Å². The van der Waals surface area contributed by atoms with Crippen LogP contribution in [0.15, 0.2) is 72.8 Å². The summed E-state index contributed by atoms with van der Waals surface area (Å²) >= 11 is 0. The highest BCUT2D eigenvalue weighted by Crippen LogP contribution is 2.29. The van der Waals surface area contributed by atoms with Crippen molar-refractivity contribution in [1.29, 1.82) is 0 Å². The van der Waals surface area contributed by atoms with E-state index in [0.29, 0.717) is 12.5 Å². The Morgan fingerprint density at radius 1 is 0.824 bits per heavy atom. The van der Waals surface area contributed by atoms with E-state index in [1.54, 1.807) is 7.11 Å². The van der Waals surface area contributed by atoms with Crippen LogP contribution in [-0.4, -0.2) is 23.3 Å². The van der Waals surface area contributed by atoms with Gasteiger partial charge in [-0.25, -0.2) is 4.98 Å². The van der Waals surface area contributed by atoms with Crippen molar-refractivity contribution in [2.75, 3.05) is 13.7 Å². The number of nitrogens with zero attached hydrogens (tertiary/aromatic N) is 2. The number of imidazole rings is 1. The smallest absolute Gasteiger partial charge is 0.161 e. The maximum atomic E-state index is 5.97. The SMILES string of the molecule is COc1ccccc1OCCCCn1c(C(C)c2ccc(CC(C)C)cc2)nc2ccccc21. The molecule has 0 aliphatic carbocycles. The first-order valence-electron chi connectivity index (χ1n) is 12.4. The van der Waals surface area contributed by atoms with Gasteiger partial charge in [0.15, 0.2) is 11.5 Å². The third kappa shape index (κ3) is 5.61. The van der Waals surface area contributed by atoms with Crippen LogP contribution >= 0.6 is 0 Å². The minimum Gasteiger partial charge on any atom is -0.493 e. The van der Waals surface area contributed by atoms with Gasteiger partial charge in [0.1, 0.15) is 5.82 Å². The quantitative estimate of drug-likeness (QED) is 0.223. The summed E-state index contributed by atoms with van der Waals surface area (Å²) in [6.07, 6.45) is 3.09. The number of aryl methyl sites for hydroxylation is 1. The molecule has 0 fully saturated rings. The summed E-state index contributed by atoms with van der Waals surface area (Å²) in [5, 5.41) is 0. The van der Waals surface area contributed by atoms with E-state index in [0.717, 1.165) is 48.6 Å². The number of hydrogen-bond donors (Lipinski definition) is 0. The number of methoxy groups -OCH3 is 1. The third-order valence-electron chi connectivity index (χ3n) is 6.30. The first kappa shape index (κ1) is 23.9. The van der Waals surface area contributed by atoms with Crippen molar-refractivity contribution in [3.8, 4) is 11.5 Å². The van der Waals surface area contributed by atoms with Crippen LogP contribution in [0.1, 0.15) is 56.5 Å². The lowest BCUT2D eigenvalue weighted by Crippen LogP contribution is -2.10. The molecule has 34 heavy (non-hydrogen) atoms. The molecule has 0 saturated carbocycles. The lowest BCUT2D eigenvalue weighted by molar-refractivity contribution is 0.284. The summed E-state index contributed by atoms with van der Waals surface area (Å²) in [7, 11) is 1.67. The fourth-order valence-electron chi connectivity index (χ4n) is 4.51. The minimum atomic E-state index is 0.227. The molecule has 3 aromatic carbocycles. The Morgan fingerprint density at radius 2 is 1.53 bits per heavy atom. The van der Waals surface area contributed by atoms with Gasteiger partial charge in [-0.1, -0.05) is 69.3 Å². The summed E-state index contributed by atoms with van der Waals surface area (Å²) in [6.45, 7) is 8.37. The molecular weight excluding hydrogens is 420 g/mol. The van der Waals surface area contributed by atoms with Crippen molar-refractivity contribution in [1.82, 2.24) is 9.55 Å². The van der Waals surface area contributed by atoms with E-state index in [-0.39, 0.29) is 5.92 Å². The molecule has 4 rings (SSSR count). The lowest BCUT2D eigenvalue weighted by atomic mass is 9.96. The van der Waals surface area contributed by atoms with Gasteiger partial charge in [-0.2, -0.15) is 0 Å². The highest BCUT2D eigenvalue weighted by molar-refractivity contribution is 5.76. The number of unbranched alkanes of at least 4 members (excludes halogenated alkanes) is 1. The second kappa shape index (κ2) is 11.2. The molecular formula is C30H36N2O2. The maximum absolute atomic E-state index is 5.97. The molecule has 1 unspecified atom stereocenters. The minimum absolute atomic E-state index is 0.227. The van der Waals surface area contributed by atoms with E-state index in [4.69, 9.17) is 14.5 Å². The van der Waals surface area contributed by atoms with Gasteiger partial charge in [-0.05, 0) is 60.6 Å². The molecule has 0 aliphatic heterocycles. The molecule has 4 aromatic rings. The monoisotopic (exact) mass is 456 g/mol. The largest absolute Gasteiger partial charge is 0.493 e. The Kier molecular flexibility index (Phi) is 7.89. The first-order valence-corrected chi connectivity index (χ1v) is 12.4. The van der Waals surface area contributed by atoms with Crippen LogP contribution in [0, 0.1) is 5.92 Å². The van der Waals surface area contributed by atoms with Crippen molar-refractivity contribution in [3.05, 3.63) is 89.7 Å². The van der Waals surface area contributed by atoms with Crippen LogP contribution in [0.2, 0.25) is 0 Å². The van der Waals surface area contributed by atoms with Gasteiger partial charge in [0.2, 0.25) is 0 Å². The molecule has 1 heterocycles. The number of ether oxygens (including phenoxy) is 2. The molecule has 1 aromatic heterocycles. The molecule has 4 nitrogen and oxygen atoms in total. The van der Waals surface area contributed by atoms with Crippen LogP contribution in [-0.2, 0) is 13.0 Å². The molecule has 1 atom stereocenters. The van der Waals surface area contributed by atoms with Crippen LogP contribution in [0.25, 0.3) is 11.0 Å². The summed E-state index contributed by atoms with van der Waals surface area (Å²) < 4.78 is 13.7. The van der Waals surface area contributed by atoms with Crippen LogP contribution in [0.4, 0.5) is 0 Å². The molecule has 0 radical (unpaired) electrons. The van der Waals surface area contributed by atoms with E-state index >= 15 is 0 Å². The van der Waals surface area contributed by atoms with Crippen molar-refractivity contribution < 1.29 is 9.47 Å². The van der Waals surface area contributed by atoms with Crippen molar-refractivity contribution in [2.24, 2.45) is 5.92 Å². The number of hydrogen-bond acceptors (Lipinski definition) is 3. The zero-order valence-electron chi connectivity index (χ0n) is 20.8. The standard InChI is InChI=1S/C30H36N2O2/c1-22(2)21-24-15-17-25(18-16-24)23(3)30-31-26-11-5-6-12-27(26)32(30)19-9-10-20-34-29-14-8-7-13-28(29)33-4/h5-8,11-18,22-23H,9-10,19-21H2,1-4H3. The molecule has 0 aliphatic rings. The Bertz CT molecular complexity index is 1190. The summed E-state index contributed by atoms with van der Waals surface area (Å²) in [6, 6.07) is 25.3. The fraction of sp³-hybridized carbons (Fsp3) is 0.367. The van der Waals surface area contributed by atoms with E-state index in [1.807, 2.05) is 24.3 Å². The Balaban J connectivity index is 1.45. The summed E-state index contributed by atoms with van der Waals surface area (Å²) in [5.74, 6) is 3.60. The molecule has 4 heteroatoms. The normalized spacial score (nSPS) is 12.3. The van der Waals surface area contributed by atoms with Crippen molar-refractivity contribution >= 4 is 11.0 Å². The van der Waals surface area contributed by atoms with Gasteiger partial charge < -0.3 is 14.0 Å². The average molecular weight is 457 g/mol. The summed E-state index contributed by atoms with van der Waals surface area (Å²) in [5.41, 5.74) is 4.97. The van der Waals surface area contributed by atoms with Crippen LogP contribution in [0.3, 0.4) is 0 Å². The highest BCUT2D eigenvalue weighted by Gasteiger charge is 2.18. The van der Waals surface area contributed by atoms with E-state index in [1.165, 1.54) is 16.6 Å². The van der Waals surface area contributed by atoms with Gasteiger partial charge in [0.25, 0.3) is 0 Å². The third-order valence-corrected chi connectivity index (χ3v) is 6.30. The molecule has 0 bridgehead atoms. The molecule has 0 amide bonds. The second-order valence-corrected chi connectivity index (χ2v) is 9.38. The maximum Gasteiger partial charge on any atom is 0.161 e. The Morgan fingerprint density at radius 3 is 2.26 bits per heavy atom. The van der Waals surface area contributed by atoms with Gasteiger partial charge >= 0.3 is 0 Å².